The number of unbranched alkanes of at least 4 members (excludes halogenated alkanes) is 3. The van der Waals surface area contributed by atoms with Gasteiger partial charge in [0.25, 0.3) is 0 Å². The minimum Gasteiger partial charge on any atom is -0.343 e. The number of likely N-dealkylation sites (N-methyl/N-ethyl adjacent to an activating group) is 1. The molecule has 1 atom stereocenters. The molecule has 2 heterocycles. The number of rotatable bonds is 6. The molecule has 0 saturated carbocycles. The van der Waals surface area contributed by atoms with E-state index in [1.807, 2.05) is 6.92 Å². The molecule has 5 nitrogen and oxygen atoms in total. The van der Waals surface area contributed by atoms with Crippen LogP contribution in [-0.4, -0.2) is 35.5 Å². The number of fused-ring (bicyclic) bond motifs is 1. The molecule has 1 aliphatic heterocycles. The van der Waals surface area contributed by atoms with Gasteiger partial charge in [-0.2, -0.15) is 4.98 Å². The first-order valence-electron chi connectivity index (χ1n) is 7.66. The predicted molar refractivity (Wildman–Crippen MR) is 86.0 cm³/mol. The van der Waals surface area contributed by atoms with Crippen LogP contribution in [0.4, 0.5) is 11.5 Å². The molecule has 21 heavy (non-hydrogen) atoms. The first-order valence-corrected chi connectivity index (χ1v) is 8.04. The van der Waals surface area contributed by atoms with Gasteiger partial charge in [0.1, 0.15) is 11.7 Å². The predicted octanol–water partition coefficient (Wildman–Crippen LogP) is 3.27. The molecule has 0 aromatic carbocycles. The standard InChI is InChI=1S/C15H23ClN4O/c1-4-6-7-8-9-20-11(5-2)14(21)19(3)12-10-17-15(16)18-13(12)20/h10-11H,4-9H2,1-3H3. The van der Waals surface area contributed by atoms with Crippen molar-refractivity contribution in [3.63, 3.8) is 0 Å². The van der Waals surface area contributed by atoms with Crippen molar-refractivity contribution in [3.8, 4) is 0 Å². The summed E-state index contributed by atoms with van der Waals surface area (Å²) in [5.74, 6) is 0.881. The molecule has 0 saturated heterocycles. The Labute approximate surface area is 131 Å². The molecule has 0 fully saturated rings. The molecule has 2 rings (SSSR count). The Morgan fingerprint density at radius 1 is 1.29 bits per heavy atom. The molecule has 0 bridgehead atoms. The van der Waals surface area contributed by atoms with Crippen molar-refractivity contribution >= 4 is 29.0 Å². The van der Waals surface area contributed by atoms with Crippen LogP contribution in [0.15, 0.2) is 6.20 Å². The monoisotopic (exact) mass is 310 g/mol. The molecule has 116 valence electrons. The summed E-state index contributed by atoms with van der Waals surface area (Å²) in [6, 6.07) is -0.157. The first-order chi connectivity index (χ1) is 10.1. The van der Waals surface area contributed by atoms with Crippen LogP contribution in [0.25, 0.3) is 0 Å². The lowest BCUT2D eigenvalue weighted by Gasteiger charge is -2.40. The Morgan fingerprint density at radius 2 is 2.05 bits per heavy atom. The number of carbonyl (C=O) groups excluding carboxylic acids is 1. The quantitative estimate of drug-likeness (QED) is 0.597. The Morgan fingerprint density at radius 3 is 2.71 bits per heavy atom. The minimum absolute atomic E-state index is 0.103. The fourth-order valence-electron chi connectivity index (χ4n) is 2.78. The Hall–Kier alpha value is -1.36. The lowest BCUT2D eigenvalue weighted by Crippen LogP contribution is -2.52. The summed E-state index contributed by atoms with van der Waals surface area (Å²) in [6.45, 7) is 5.05. The largest absolute Gasteiger partial charge is 0.343 e. The van der Waals surface area contributed by atoms with E-state index in [4.69, 9.17) is 11.6 Å². The highest BCUT2D eigenvalue weighted by molar-refractivity contribution is 6.28. The van der Waals surface area contributed by atoms with Gasteiger partial charge in [-0.1, -0.05) is 33.1 Å². The number of carbonyl (C=O) groups is 1. The van der Waals surface area contributed by atoms with Gasteiger partial charge < -0.3 is 9.80 Å². The van der Waals surface area contributed by atoms with E-state index in [-0.39, 0.29) is 17.2 Å². The van der Waals surface area contributed by atoms with Crippen molar-refractivity contribution < 1.29 is 4.79 Å². The molecule has 1 aromatic heterocycles. The Bertz CT molecular complexity index is 508. The molecule has 6 heteroatoms. The van der Waals surface area contributed by atoms with E-state index in [9.17, 15) is 4.79 Å². The second-order valence-electron chi connectivity index (χ2n) is 5.42. The number of halogens is 1. The number of aromatic nitrogens is 2. The summed E-state index contributed by atoms with van der Waals surface area (Å²) in [7, 11) is 1.77. The van der Waals surface area contributed by atoms with E-state index in [2.05, 4.69) is 21.8 Å². The Kier molecular flexibility index (Phi) is 5.39. The second-order valence-corrected chi connectivity index (χ2v) is 5.76. The lowest BCUT2D eigenvalue weighted by molar-refractivity contribution is -0.120. The van der Waals surface area contributed by atoms with Gasteiger partial charge in [-0.25, -0.2) is 4.98 Å². The van der Waals surface area contributed by atoms with Crippen molar-refractivity contribution in [2.45, 2.75) is 52.0 Å². The van der Waals surface area contributed by atoms with Crippen LogP contribution in [0.3, 0.4) is 0 Å². The van der Waals surface area contributed by atoms with Crippen molar-refractivity contribution in [3.05, 3.63) is 11.5 Å². The molecule has 0 aliphatic carbocycles. The summed E-state index contributed by atoms with van der Waals surface area (Å²) in [4.78, 5) is 24.6. The third kappa shape index (κ3) is 3.28. The van der Waals surface area contributed by atoms with Crippen molar-refractivity contribution in [1.29, 1.82) is 0 Å². The molecule has 0 N–H and O–H groups in total. The fraction of sp³-hybridized carbons (Fsp3) is 0.667. The fourth-order valence-corrected chi connectivity index (χ4v) is 2.91. The zero-order chi connectivity index (χ0) is 15.4. The topological polar surface area (TPSA) is 49.3 Å². The van der Waals surface area contributed by atoms with E-state index in [1.54, 1.807) is 18.1 Å². The van der Waals surface area contributed by atoms with Crippen molar-refractivity contribution in [1.82, 2.24) is 9.97 Å². The van der Waals surface area contributed by atoms with Crippen LogP contribution < -0.4 is 9.80 Å². The van der Waals surface area contributed by atoms with Gasteiger partial charge in [0.05, 0.1) is 6.20 Å². The first kappa shape index (κ1) is 16.0. The maximum absolute atomic E-state index is 12.5. The average Bonchev–Trinajstić information content (AvgIpc) is 2.48. The van der Waals surface area contributed by atoms with Crippen LogP contribution in [0.2, 0.25) is 5.28 Å². The molecule has 0 radical (unpaired) electrons. The van der Waals surface area contributed by atoms with Crippen LogP contribution >= 0.6 is 11.6 Å². The van der Waals surface area contributed by atoms with Crippen LogP contribution in [-0.2, 0) is 4.79 Å². The highest BCUT2D eigenvalue weighted by Crippen LogP contribution is 2.34. The van der Waals surface area contributed by atoms with Gasteiger partial charge in [-0.15, -0.1) is 0 Å². The maximum atomic E-state index is 12.5. The summed E-state index contributed by atoms with van der Waals surface area (Å²) < 4.78 is 0. The number of amides is 1. The molecular formula is C15H23ClN4O. The van der Waals surface area contributed by atoms with Crippen molar-refractivity contribution in [2.75, 3.05) is 23.4 Å². The number of anilines is 2. The normalized spacial score (nSPS) is 18.1. The smallest absolute Gasteiger partial charge is 0.249 e. The molecule has 1 aliphatic rings. The van der Waals surface area contributed by atoms with Gasteiger partial charge >= 0.3 is 0 Å². The third-order valence-electron chi connectivity index (χ3n) is 3.99. The lowest BCUT2D eigenvalue weighted by atomic mass is 10.1. The highest BCUT2D eigenvalue weighted by atomic mass is 35.5. The third-order valence-corrected chi connectivity index (χ3v) is 4.17. The maximum Gasteiger partial charge on any atom is 0.249 e. The summed E-state index contributed by atoms with van der Waals surface area (Å²) >= 11 is 5.95. The van der Waals surface area contributed by atoms with E-state index < -0.39 is 0 Å². The molecular weight excluding hydrogens is 288 g/mol. The summed E-state index contributed by atoms with van der Waals surface area (Å²) in [5, 5.41) is 0.227. The van der Waals surface area contributed by atoms with Crippen LogP contribution in [0, 0.1) is 0 Å². The van der Waals surface area contributed by atoms with Crippen LogP contribution in [0.5, 0.6) is 0 Å². The Balaban J connectivity index is 2.28. The zero-order valence-electron chi connectivity index (χ0n) is 13.0. The van der Waals surface area contributed by atoms with Gasteiger partial charge in [0, 0.05) is 13.6 Å². The number of nitrogens with zero attached hydrogens (tertiary/aromatic N) is 4. The number of hydrogen-bond donors (Lipinski definition) is 0. The number of hydrogen-bond acceptors (Lipinski definition) is 4. The minimum atomic E-state index is -0.157. The van der Waals surface area contributed by atoms with Gasteiger partial charge in [-0.05, 0) is 24.4 Å². The second kappa shape index (κ2) is 7.07. The van der Waals surface area contributed by atoms with Crippen molar-refractivity contribution in [2.24, 2.45) is 0 Å². The highest BCUT2D eigenvalue weighted by Gasteiger charge is 2.36. The zero-order valence-corrected chi connectivity index (χ0v) is 13.7. The van der Waals surface area contributed by atoms with E-state index >= 15 is 0 Å². The molecule has 1 unspecified atom stereocenters. The molecule has 0 spiro atoms. The van der Waals surface area contributed by atoms with Gasteiger partial charge in [0.15, 0.2) is 5.82 Å². The van der Waals surface area contributed by atoms with E-state index in [0.717, 1.165) is 30.9 Å². The van der Waals surface area contributed by atoms with E-state index in [1.165, 1.54) is 19.3 Å². The van der Waals surface area contributed by atoms with E-state index in [0.29, 0.717) is 0 Å². The molecule has 1 amide bonds. The SMILES string of the molecule is CCCCCCN1c2nc(Cl)ncc2N(C)C(=O)C1CC. The van der Waals surface area contributed by atoms with Crippen LogP contribution in [0.1, 0.15) is 46.0 Å². The van der Waals surface area contributed by atoms with Gasteiger partial charge in [-0.3, -0.25) is 4.79 Å². The average molecular weight is 311 g/mol. The summed E-state index contributed by atoms with van der Waals surface area (Å²) in [5.41, 5.74) is 0.740. The molecule has 1 aromatic rings. The summed E-state index contributed by atoms with van der Waals surface area (Å²) in [6.07, 6.45) is 7.04. The van der Waals surface area contributed by atoms with Gasteiger partial charge in [0.2, 0.25) is 11.2 Å².